The number of alkyl halides is 3. The maximum Gasteiger partial charge on any atom is 0.416 e. The van der Waals surface area contributed by atoms with Gasteiger partial charge in [0.25, 0.3) is 0 Å². The van der Waals surface area contributed by atoms with Crippen LogP contribution in [0.2, 0.25) is 0 Å². The minimum absolute atomic E-state index is 0.572. The van der Waals surface area contributed by atoms with E-state index in [2.05, 4.69) is 6.58 Å². The predicted octanol–water partition coefficient (Wildman–Crippen LogP) is 3.63. The fourth-order valence-electron chi connectivity index (χ4n) is 0.585. The van der Waals surface area contributed by atoms with Crippen LogP contribution < -0.4 is 0 Å². The quantitative estimate of drug-likeness (QED) is 0.563. The standard InChI is InChI=1S/C9H11F3/c1-4-7(3)6-8(5-2)9(10,11)12/h4-6H,2H2,1,3H3/b7-4-,8-6+. The molecule has 68 valence electrons. The van der Waals surface area contributed by atoms with Crippen molar-refractivity contribution in [1.29, 1.82) is 0 Å². The molecule has 0 atom stereocenters. The first-order chi connectivity index (χ1) is 5.41. The van der Waals surface area contributed by atoms with Gasteiger partial charge in [-0.25, -0.2) is 0 Å². The SMILES string of the molecule is C=C/C(=C\C(C)=C/C)C(F)(F)F. The van der Waals surface area contributed by atoms with Gasteiger partial charge in [0.1, 0.15) is 0 Å². The highest BCUT2D eigenvalue weighted by Crippen LogP contribution is 2.27. The zero-order chi connectivity index (χ0) is 9.78. The minimum atomic E-state index is -4.30. The van der Waals surface area contributed by atoms with Crippen molar-refractivity contribution in [1.82, 2.24) is 0 Å². The van der Waals surface area contributed by atoms with Crippen molar-refractivity contribution in [3.63, 3.8) is 0 Å². The van der Waals surface area contributed by atoms with Crippen LogP contribution in [-0.2, 0) is 0 Å². The lowest BCUT2D eigenvalue weighted by molar-refractivity contribution is -0.0881. The summed E-state index contributed by atoms with van der Waals surface area (Å²) in [5.41, 5.74) is -0.139. The summed E-state index contributed by atoms with van der Waals surface area (Å²) in [6.45, 7) is 6.39. The van der Waals surface area contributed by atoms with E-state index in [0.717, 1.165) is 12.2 Å². The Morgan fingerprint density at radius 2 is 1.83 bits per heavy atom. The molecule has 0 heterocycles. The first-order valence-corrected chi connectivity index (χ1v) is 3.46. The van der Waals surface area contributed by atoms with E-state index in [1.54, 1.807) is 19.9 Å². The van der Waals surface area contributed by atoms with Crippen LogP contribution in [0, 0.1) is 0 Å². The molecule has 0 aliphatic heterocycles. The van der Waals surface area contributed by atoms with Crippen LogP contribution >= 0.6 is 0 Å². The van der Waals surface area contributed by atoms with E-state index in [-0.39, 0.29) is 0 Å². The Hall–Kier alpha value is -0.990. The molecule has 0 aromatic rings. The van der Waals surface area contributed by atoms with E-state index in [4.69, 9.17) is 0 Å². The van der Waals surface area contributed by atoms with Gasteiger partial charge >= 0.3 is 6.18 Å². The molecule has 0 aliphatic carbocycles. The van der Waals surface area contributed by atoms with Crippen LogP contribution in [0.4, 0.5) is 13.2 Å². The lowest BCUT2D eigenvalue weighted by Gasteiger charge is -2.06. The molecule has 0 amide bonds. The first-order valence-electron chi connectivity index (χ1n) is 3.46. The van der Waals surface area contributed by atoms with E-state index >= 15 is 0 Å². The molecule has 0 unspecified atom stereocenters. The largest absolute Gasteiger partial charge is 0.416 e. The summed E-state index contributed by atoms with van der Waals surface area (Å²) in [7, 11) is 0. The van der Waals surface area contributed by atoms with Gasteiger partial charge in [0, 0.05) is 0 Å². The summed E-state index contributed by atoms with van der Waals surface area (Å²) >= 11 is 0. The van der Waals surface area contributed by atoms with Crippen LogP contribution in [-0.4, -0.2) is 6.18 Å². The van der Waals surface area contributed by atoms with Gasteiger partial charge in [0.2, 0.25) is 0 Å². The second-order valence-corrected chi connectivity index (χ2v) is 2.33. The fraction of sp³-hybridized carbons (Fsp3) is 0.333. The van der Waals surface area contributed by atoms with Crippen molar-refractivity contribution < 1.29 is 13.2 Å². The van der Waals surface area contributed by atoms with Gasteiger partial charge in [-0.15, -0.1) is 0 Å². The van der Waals surface area contributed by atoms with Crippen molar-refractivity contribution >= 4 is 0 Å². The van der Waals surface area contributed by atoms with Crippen LogP contribution in [0.25, 0.3) is 0 Å². The number of hydrogen-bond acceptors (Lipinski definition) is 0. The number of halogens is 3. The second-order valence-electron chi connectivity index (χ2n) is 2.33. The number of rotatable bonds is 2. The van der Waals surface area contributed by atoms with E-state index in [1.807, 2.05) is 0 Å². The summed E-state index contributed by atoms with van der Waals surface area (Å²) in [4.78, 5) is 0. The third-order valence-electron chi connectivity index (χ3n) is 1.39. The average Bonchev–Trinajstić information content (AvgIpc) is 1.97. The summed E-state index contributed by atoms with van der Waals surface area (Å²) in [6, 6.07) is 0. The van der Waals surface area contributed by atoms with Gasteiger partial charge in [0.05, 0.1) is 5.57 Å². The van der Waals surface area contributed by atoms with Gasteiger partial charge in [-0.05, 0) is 19.9 Å². The van der Waals surface area contributed by atoms with E-state index in [0.29, 0.717) is 5.57 Å². The molecule has 0 spiro atoms. The van der Waals surface area contributed by atoms with Crippen molar-refractivity contribution in [2.24, 2.45) is 0 Å². The molecule has 0 aliphatic rings. The van der Waals surface area contributed by atoms with Gasteiger partial charge in [-0.1, -0.05) is 24.3 Å². The number of allylic oxidation sites excluding steroid dienone is 5. The summed E-state index contributed by atoms with van der Waals surface area (Å²) in [6.07, 6.45) is -0.818. The molecule has 0 aromatic carbocycles. The van der Waals surface area contributed by atoms with Crippen LogP contribution in [0.5, 0.6) is 0 Å². The van der Waals surface area contributed by atoms with E-state index in [1.165, 1.54) is 0 Å². The van der Waals surface area contributed by atoms with Crippen LogP contribution in [0.3, 0.4) is 0 Å². The van der Waals surface area contributed by atoms with Crippen molar-refractivity contribution in [3.8, 4) is 0 Å². The van der Waals surface area contributed by atoms with Crippen molar-refractivity contribution in [2.75, 3.05) is 0 Å². The lowest BCUT2D eigenvalue weighted by Crippen LogP contribution is -2.09. The Labute approximate surface area is 70.1 Å². The third kappa shape index (κ3) is 3.42. The normalized spacial score (nSPS) is 14.8. The molecular formula is C9H11F3. The second kappa shape index (κ2) is 4.14. The van der Waals surface area contributed by atoms with Crippen molar-refractivity contribution in [2.45, 2.75) is 20.0 Å². The molecule has 0 radical (unpaired) electrons. The lowest BCUT2D eigenvalue weighted by atomic mass is 10.1. The highest BCUT2D eigenvalue weighted by molar-refractivity contribution is 5.30. The highest BCUT2D eigenvalue weighted by atomic mass is 19.4. The van der Waals surface area contributed by atoms with Gasteiger partial charge < -0.3 is 0 Å². The Bertz CT molecular complexity index is 218. The van der Waals surface area contributed by atoms with Crippen molar-refractivity contribution in [3.05, 3.63) is 36.0 Å². The summed E-state index contributed by atoms with van der Waals surface area (Å²) in [5.74, 6) is 0. The summed E-state index contributed by atoms with van der Waals surface area (Å²) < 4.78 is 36.2. The molecule has 0 saturated carbocycles. The molecular weight excluding hydrogens is 165 g/mol. The Kier molecular flexibility index (Phi) is 3.80. The Morgan fingerprint density at radius 3 is 2.08 bits per heavy atom. The molecule has 0 fully saturated rings. The molecule has 0 aromatic heterocycles. The van der Waals surface area contributed by atoms with Gasteiger partial charge in [-0.3, -0.25) is 0 Å². The Morgan fingerprint density at radius 1 is 1.33 bits per heavy atom. The monoisotopic (exact) mass is 176 g/mol. The average molecular weight is 176 g/mol. The molecule has 0 bridgehead atoms. The van der Waals surface area contributed by atoms with E-state index < -0.39 is 11.7 Å². The van der Waals surface area contributed by atoms with Crippen LogP contribution in [0.1, 0.15) is 13.8 Å². The smallest absolute Gasteiger partial charge is 0.166 e. The van der Waals surface area contributed by atoms with Gasteiger partial charge in [0.15, 0.2) is 0 Å². The topological polar surface area (TPSA) is 0 Å². The fourth-order valence-corrected chi connectivity index (χ4v) is 0.585. The maximum atomic E-state index is 12.1. The third-order valence-corrected chi connectivity index (χ3v) is 1.39. The minimum Gasteiger partial charge on any atom is -0.166 e. The van der Waals surface area contributed by atoms with Crippen LogP contribution in [0.15, 0.2) is 36.0 Å². The molecule has 0 N–H and O–H groups in total. The Balaban J connectivity index is 4.80. The number of hydrogen-bond donors (Lipinski definition) is 0. The highest BCUT2D eigenvalue weighted by Gasteiger charge is 2.30. The molecule has 0 rings (SSSR count). The zero-order valence-corrected chi connectivity index (χ0v) is 7.07. The maximum absolute atomic E-state index is 12.1. The van der Waals surface area contributed by atoms with Gasteiger partial charge in [-0.2, -0.15) is 13.2 Å². The molecule has 0 saturated heterocycles. The molecule has 3 heteroatoms. The first kappa shape index (κ1) is 11.0. The molecule has 0 nitrogen and oxygen atoms in total. The molecule has 12 heavy (non-hydrogen) atoms. The zero-order valence-electron chi connectivity index (χ0n) is 7.07. The van der Waals surface area contributed by atoms with E-state index in [9.17, 15) is 13.2 Å². The predicted molar refractivity (Wildman–Crippen MR) is 43.8 cm³/mol. The summed E-state index contributed by atoms with van der Waals surface area (Å²) in [5, 5.41) is 0.